The minimum absolute atomic E-state index is 0.0560. The van der Waals surface area contributed by atoms with Crippen LogP contribution in [0.15, 0.2) is 23.1 Å². The van der Waals surface area contributed by atoms with Gasteiger partial charge in [-0.1, -0.05) is 13.0 Å². The molecule has 6 heteroatoms. The minimum atomic E-state index is -0.498. The normalized spacial score (nSPS) is 9.88. The first-order valence-corrected chi connectivity index (χ1v) is 5.41. The number of nitro groups is 1. The lowest BCUT2D eigenvalue weighted by molar-refractivity contribution is -0.387. The van der Waals surface area contributed by atoms with Crippen molar-refractivity contribution >= 4 is 23.7 Å². The zero-order valence-corrected chi connectivity index (χ0v) is 9.74. The van der Waals surface area contributed by atoms with E-state index in [9.17, 15) is 14.9 Å². The van der Waals surface area contributed by atoms with Crippen LogP contribution in [-0.2, 0) is 8.98 Å². The van der Waals surface area contributed by atoms with E-state index in [0.717, 1.165) is 17.6 Å². The molecule has 0 saturated heterocycles. The standard InChI is InChI=1S/C10H11NO4S/c1-3-10(12)15-16-9-6-7(2)4-5-8(9)11(13)14/h4-6H,3H2,1-2H3. The van der Waals surface area contributed by atoms with Gasteiger partial charge in [0.25, 0.3) is 5.69 Å². The first-order chi connectivity index (χ1) is 7.54. The Labute approximate surface area is 97.2 Å². The summed E-state index contributed by atoms with van der Waals surface area (Å²) in [6.07, 6.45) is 0.243. The molecule has 0 heterocycles. The van der Waals surface area contributed by atoms with Gasteiger partial charge in [0.05, 0.1) is 4.92 Å². The van der Waals surface area contributed by atoms with Crippen molar-refractivity contribution < 1.29 is 13.9 Å². The first kappa shape index (κ1) is 12.5. The van der Waals surface area contributed by atoms with Crippen LogP contribution in [0.3, 0.4) is 0 Å². The molecule has 1 rings (SSSR count). The van der Waals surface area contributed by atoms with Crippen LogP contribution in [-0.4, -0.2) is 10.9 Å². The predicted octanol–water partition coefficient (Wildman–Crippen LogP) is 2.86. The molecule has 0 aliphatic heterocycles. The number of nitro benzene ring substituents is 1. The zero-order valence-electron chi connectivity index (χ0n) is 8.93. The quantitative estimate of drug-likeness (QED) is 0.460. The summed E-state index contributed by atoms with van der Waals surface area (Å²) in [6.45, 7) is 3.48. The Hall–Kier alpha value is -1.56. The number of rotatable bonds is 4. The summed E-state index contributed by atoms with van der Waals surface area (Å²) in [5, 5.41) is 10.7. The molecule has 86 valence electrons. The lowest BCUT2D eigenvalue weighted by Crippen LogP contribution is -1.97. The monoisotopic (exact) mass is 241 g/mol. The molecule has 0 aliphatic rings. The van der Waals surface area contributed by atoms with Crippen molar-refractivity contribution in [1.29, 1.82) is 0 Å². The van der Waals surface area contributed by atoms with Gasteiger partial charge in [-0.3, -0.25) is 14.9 Å². The highest BCUT2D eigenvalue weighted by molar-refractivity contribution is 7.95. The van der Waals surface area contributed by atoms with Crippen LogP contribution in [0.5, 0.6) is 0 Å². The molecule has 0 unspecified atom stereocenters. The molecule has 1 aromatic carbocycles. The van der Waals surface area contributed by atoms with Crippen molar-refractivity contribution in [2.45, 2.75) is 25.2 Å². The number of hydrogen-bond acceptors (Lipinski definition) is 5. The molecule has 16 heavy (non-hydrogen) atoms. The number of benzene rings is 1. The van der Waals surface area contributed by atoms with Crippen LogP contribution >= 0.6 is 12.0 Å². The SMILES string of the molecule is CCC(=O)OSc1cc(C)ccc1[N+](=O)[O-]. The predicted molar refractivity (Wildman–Crippen MR) is 60.1 cm³/mol. The van der Waals surface area contributed by atoms with Gasteiger partial charge >= 0.3 is 5.97 Å². The van der Waals surface area contributed by atoms with Crippen LogP contribution in [0, 0.1) is 17.0 Å². The van der Waals surface area contributed by atoms with Gasteiger partial charge < -0.3 is 4.18 Å². The van der Waals surface area contributed by atoms with E-state index in [1.54, 1.807) is 19.1 Å². The van der Waals surface area contributed by atoms with E-state index >= 15 is 0 Å². The van der Waals surface area contributed by atoms with Crippen molar-refractivity contribution in [2.24, 2.45) is 0 Å². The maximum Gasteiger partial charge on any atom is 0.317 e. The van der Waals surface area contributed by atoms with Gasteiger partial charge in [0.2, 0.25) is 0 Å². The third-order valence-electron chi connectivity index (χ3n) is 1.83. The number of nitrogens with zero attached hydrogens (tertiary/aromatic N) is 1. The van der Waals surface area contributed by atoms with E-state index in [1.807, 2.05) is 6.92 Å². The number of carbonyl (C=O) groups is 1. The van der Waals surface area contributed by atoms with Gasteiger partial charge in [0.15, 0.2) is 0 Å². The highest BCUT2D eigenvalue weighted by atomic mass is 32.2. The van der Waals surface area contributed by atoms with Crippen LogP contribution in [0.4, 0.5) is 5.69 Å². The Kier molecular flexibility index (Phi) is 4.30. The molecular weight excluding hydrogens is 230 g/mol. The molecule has 5 nitrogen and oxygen atoms in total. The molecule has 0 aromatic heterocycles. The smallest absolute Gasteiger partial charge is 0.317 e. The molecule has 0 aliphatic carbocycles. The Bertz CT molecular complexity index is 419. The summed E-state index contributed by atoms with van der Waals surface area (Å²) in [5.41, 5.74) is 0.820. The van der Waals surface area contributed by atoms with Crippen molar-refractivity contribution in [3.8, 4) is 0 Å². The van der Waals surface area contributed by atoms with Crippen LogP contribution in [0.25, 0.3) is 0 Å². The third kappa shape index (κ3) is 3.23. The summed E-state index contributed by atoms with van der Waals surface area (Å²) in [7, 11) is 0. The fourth-order valence-corrected chi connectivity index (χ4v) is 1.75. The van der Waals surface area contributed by atoms with E-state index < -0.39 is 10.9 Å². The molecule has 0 saturated carbocycles. The van der Waals surface area contributed by atoms with Crippen molar-refractivity contribution in [1.82, 2.24) is 0 Å². The maximum atomic E-state index is 10.9. The van der Waals surface area contributed by atoms with Gasteiger partial charge in [-0.15, -0.1) is 0 Å². The van der Waals surface area contributed by atoms with Crippen molar-refractivity contribution in [3.05, 3.63) is 33.9 Å². The zero-order chi connectivity index (χ0) is 12.1. The van der Waals surface area contributed by atoms with Gasteiger partial charge in [0, 0.05) is 12.5 Å². The second kappa shape index (κ2) is 5.50. The van der Waals surface area contributed by atoms with E-state index in [1.165, 1.54) is 6.07 Å². The molecule has 0 N–H and O–H groups in total. The topological polar surface area (TPSA) is 69.4 Å². The fourth-order valence-electron chi connectivity index (χ4n) is 0.989. The van der Waals surface area contributed by atoms with E-state index in [2.05, 4.69) is 0 Å². The molecule has 0 bridgehead atoms. The van der Waals surface area contributed by atoms with E-state index in [-0.39, 0.29) is 12.1 Å². The molecule has 0 fully saturated rings. The minimum Gasteiger partial charge on any atom is -0.386 e. The molecular formula is C10H11NO4S. The number of hydrogen-bond donors (Lipinski definition) is 0. The Morgan fingerprint density at radius 3 is 2.81 bits per heavy atom. The van der Waals surface area contributed by atoms with Gasteiger partial charge in [-0.2, -0.15) is 0 Å². The average molecular weight is 241 g/mol. The molecule has 0 amide bonds. The molecule has 0 atom stereocenters. The largest absolute Gasteiger partial charge is 0.386 e. The lowest BCUT2D eigenvalue weighted by Gasteiger charge is -2.03. The molecule has 1 aromatic rings. The number of carbonyl (C=O) groups excluding carboxylic acids is 1. The second-order valence-corrected chi connectivity index (χ2v) is 3.89. The maximum absolute atomic E-state index is 10.9. The van der Waals surface area contributed by atoms with E-state index in [0.29, 0.717) is 4.90 Å². The van der Waals surface area contributed by atoms with Crippen LogP contribution < -0.4 is 0 Å². The summed E-state index contributed by atoms with van der Waals surface area (Å²) < 4.78 is 4.80. The fraction of sp³-hybridized carbons (Fsp3) is 0.300. The van der Waals surface area contributed by atoms with Gasteiger partial charge in [-0.05, 0) is 18.6 Å². The van der Waals surface area contributed by atoms with Crippen LogP contribution in [0.1, 0.15) is 18.9 Å². The summed E-state index contributed by atoms with van der Waals surface area (Å²) in [4.78, 5) is 21.5. The van der Waals surface area contributed by atoms with Crippen LogP contribution in [0.2, 0.25) is 0 Å². The Morgan fingerprint density at radius 2 is 2.25 bits per heavy atom. The lowest BCUT2D eigenvalue weighted by atomic mass is 10.2. The van der Waals surface area contributed by atoms with Crippen molar-refractivity contribution in [2.75, 3.05) is 0 Å². The first-order valence-electron chi connectivity index (χ1n) is 4.67. The Balaban J connectivity index is 2.88. The Morgan fingerprint density at radius 1 is 1.56 bits per heavy atom. The van der Waals surface area contributed by atoms with E-state index in [4.69, 9.17) is 4.18 Å². The molecule has 0 radical (unpaired) electrons. The molecule has 0 spiro atoms. The summed E-state index contributed by atoms with van der Waals surface area (Å²) >= 11 is 0.731. The second-order valence-electron chi connectivity index (χ2n) is 3.12. The highest BCUT2D eigenvalue weighted by Gasteiger charge is 2.16. The average Bonchev–Trinajstić information content (AvgIpc) is 2.25. The van der Waals surface area contributed by atoms with Gasteiger partial charge in [0.1, 0.15) is 16.9 Å². The number of aryl methyl sites for hydroxylation is 1. The highest BCUT2D eigenvalue weighted by Crippen LogP contribution is 2.30. The summed E-state index contributed by atoms with van der Waals surface area (Å²) in [5.74, 6) is -0.402. The third-order valence-corrected chi connectivity index (χ3v) is 2.60. The summed E-state index contributed by atoms with van der Waals surface area (Å²) in [6, 6.07) is 4.66. The van der Waals surface area contributed by atoms with Crippen molar-refractivity contribution in [3.63, 3.8) is 0 Å². The van der Waals surface area contributed by atoms with Gasteiger partial charge in [-0.25, -0.2) is 0 Å².